The summed E-state index contributed by atoms with van der Waals surface area (Å²) < 4.78 is 5.36. The van der Waals surface area contributed by atoms with Crippen LogP contribution in [0.25, 0.3) is 0 Å². The summed E-state index contributed by atoms with van der Waals surface area (Å²) in [6.07, 6.45) is 3.87. The molecule has 106 valence electrons. The van der Waals surface area contributed by atoms with E-state index in [0.29, 0.717) is 11.8 Å². The summed E-state index contributed by atoms with van der Waals surface area (Å²) in [6.45, 7) is 5.48. The monoisotopic (exact) mass is 261 g/mol. The first-order valence-corrected chi connectivity index (χ1v) is 7.49. The molecule has 0 saturated heterocycles. The minimum Gasteiger partial charge on any atom is -0.497 e. The molecule has 0 heterocycles. The van der Waals surface area contributed by atoms with E-state index in [1.54, 1.807) is 7.11 Å². The molecule has 2 N–H and O–H groups in total. The first kappa shape index (κ1) is 14.4. The van der Waals surface area contributed by atoms with Gasteiger partial charge in [0.05, 0.1) is 7.11 Å². The smallest absolute Gasteiger partial charge is 0.119 e. The molecule has 0 aromatic heterocycles. The molecule has 0 radical (unpaired) electrons. The molecule has 0 spiro atoms. The number of methoxy groups -OCH3 is 1. The van der Waals surface area contributed by atoms with Crippen LogP contribution in [0.1, 0.15) is 44.6 Å². The molecule has 1 aromatic carbocycles. The zero-order chi connectivity index (χ0) is 13.8. The van der Waals surface area contributed by atoms with Gasteiger partial charge in [-0.2, -0.15) is 0 Å². The van der Waals surface area contributed by atoms with Crippen LogP contribution in [0.5, 0.6) is 5.75 Å². The van der Waals surface area contributed by atoms with Crippen LogP contribution >= 0.6 is 0 Å². The van der Waals surface area contributed by atoms with Crippen LogP contribution in [0.2, 0.25) is 0 Å². The van der Waals surface area contributed by atoms with Crippen LogP contribution in [0.4, 0.5) is 0 Å². The summed E-state index contributed by atoms with van der Waals surface area (Å²) in [4.78, 5) is 0. The Morgan fingerprint density at radius 3 is 2.74 bits per heavy atom. The van der Waals surface area contributed by atoms with Gasteiger partial charge in [0, 0.05) is 0 Å². The molecule has 3 unspecified atom stereocenters. The standard InChI is InChI=1S/C17H27NO/c1-12(2)13-7-8-15(11-18)17(10-13)14-5-4-6-16(9-14)19-3/h4-6,9,12-13,15,17H,7-8,10-11,18H2,1-3H3. The Morgan fingerprint density at radius 2 is 2.11 bits per heavy atom. The first-order chi connectivity index (χ1) is 9.15. The average molecular weight is 261 g/mol. The van der Waals surface area contributed by atoms with Gasteiger partial charge in [0.1, 0.15) is 5.75 Å². The highest BCUT2D eigenvalue weighted by molar-refractivity contribution is 5.31. The molecule has 1 aliphatic rings. The zero-order valence-electron chi connectivity index (χ0n) is 12.4. The summed E-state index contributed by atoms with van der Waals surface area (Å²) in [5.74, 6) is 3.79. The molecule has 0 aliphatic heterocycles. The van der Waals surface area contributed by atoms with Gasteiger partial charge in [-0.1, -0.05) is 26.0 Å². The van der Waals surface area contributed by atoms with Crippen LogP contribution in [0.3, 0.4) is 0 Å². The molecule has 1 saturated carbocycles. The highest BCUT2D eigenvalue weighted by Gasteiger charge is 2.32. The fourth-order valence-electron chi connectivity index (χ4n) is 3.43. The van der Waals surface area contributed by atoms with E-state index in [9.17, 15) is 0 Å². The van der Waals surface area contributed by atoms with Gasteiger partial charge in [-0.25, -0.2) is 0 Å². The van der Waals surface area contributed by atoms with Crippen molar-refractivity contribution >= 4 is 0 Å². The van der Waals surface area contributed by atoms with Crippen LogP contribution in [0.15, 0.2) is 24.3 Å². The van der Waals surface area contributed by atoms with Gasteiger partial charge in [0.2, 0.25) is 0 Å². The Bertz CT molecular complexity index is 402. The quantitative estimate of drug-likeness (QED) is 0.894. The SMILES string of the molecule is COc1cccc(C2CC(C(C)C)CCC2CN)c1. The Hall–Kier alpha value is -1.02. The molecule has 1 fully saturated rings. The van der Waals surface area contributed by atoms with Crippen LogP contribution in [0, 0.1) is 17.8 Å². The van der Waals surface area contributed by atoms with E-state index in [0.717, 1.165) is 24.1 Å². The predicted molar refractivity (Wildman–Crippen MR) is 80.5 cm³/mol. The largest absolute Gasteiger partial charge is 0.497 e. The first-order valence-electron chi connectivity index (χ1n) is 7.49. The maximum Gasteiger partial charge on any atom is 0.119 e. The number of hydrogen-bond donors (Lipinski definition) is 1. The average Bonchev–Trinajstić information content (AvgIpc) is 2.46. The van der Waals surface area contributed by atoms with Gasteiger partial charge in [0.25, 0.3) is 0 Å². The molecule has 2 nitrogen and oxygen atoms in total. The molecular weight excluding hydrogens is 234 g/mol. The lowest BCUT2D eigenvalue weighted by atomic mass is 9.68. The Kier molecular flexibility index (Phi) is 4.87. The molecule has 0 amide bonds. The predicted octanol–water partition coefficient (Wildman–Crippen LogP) is 3.81. The van der Waals surface area contributed by atoms with E-state index in [2.05, 4.69) is 32.0 Å². The van der Waals surface area contributed by atoms with Crippen LogP contribution < -0.4 is 10.5 Å². The maximum absolute atomic E-state index is 5.99. The van der Waals surface area contributed by atoms with Crippen molar-refractivity contribution in [2.45, 2.75) is 39.0 Å². The van der Waals surface area contributed by atoms with Gasteiger partial charge in [-0.05, 0) is 67.2 Å². The van der Waals surface area contributed by atoms with Crippen LogP contribution in [-0.2, 0) is 0 Å². The molecule has 19 heavy (non-hydrogen) atoms. The maximum atomic E-state index is 5.99. The second-order valence-corrected chi connectivity index (χ2v) is 6.20. The summed E-state index contributed by atoms with van der Waals surface area (Å²) in [5.41, 5.74) is 7.39. The fraction of sp³-hybridized carbons (Fsp3) is 0.647. The number of ether oxygens (including phenoxy) is 1. The summed E-state index contributed by atoms with van der Waals surface area (Å²) in [6, 6.07) is 8.54. The van der Waals surface area contributed by atoms with Crippen LogP contribution in [-0.4, -0.2) is 13.7 Å². The lowest BCUT2D eigenvalue weighted by molar-refractivity contribution is 0.197. The normalized spacial score (nSPS) is 27.5. The lowest BCUT2D eigenvalue weighted by Crippen LogP contribution is -2.30. The van der Waals surface area contributed by atoms with Crippen molar-refractivity contribution in [2.24, 2.45) is 23.5 Å². The molecule has 1 aliphatic carbocycles. The third-order valence-corrected chi connectivity index (χ3v) is 4.80. The van der Waals surface area contributed by atoms with E-state index in [1.807, 2.05) is 6.07 Å². The highest BCUT2D eigenvalue weighted by Crippen LogP contribution is 2.43. The number of rotatable bonds is 4. The van der Waals surface area contributed by atoms with Crippen molar-refractivity contribution in [3.8, 4) is 5.75 Å². The van der Waals surface area contributed by atoms with Crippen molar-refractivity contribution in [3.63, 3.8) is 0 Å². The topological polar surface area (TPSA) is 35.2 Å². The van der Waals surface area contributed by atoms with E-state index in [1.165, 1.54) is 24.8 Å². The fourth-order valence-corrected chi connectivity index (χ4v) is 3.43. The van der Waals surface area contributed by atoms with Crippen molar-refractivity contribution in [1.82, 2.24) is 0 Å². The minimum atomic E-state index is 0.598. The third-order valence-electron chi connectivity index (χ3n) is 4.80. The van der Waals surface area contributed by atoms with E-state index >= 15 is 0 Å². The zero-order valence-corrected chi connectivity index (χ0v) is 12.4. The molecule has 2 heteroatoms. The van der Waals surface area contributed by atoms with Gasteiger partial charge in [-0.15, -0.1) is 0 Å². The number of hydrogen-bond acceptors (Lipinski definition) is 2. The van der Waals surface area contributed by atoms with Gasteiger partial charge in [0.15, 0.2) is 0 Å². The Balaban J connectivity index is 2.21. The second kappa shape index (κ2) is 6.42. The van der Waals surface area contributed by atoms with E-state index in [4.69, 9.17) is 10.5 Å². The van der Waals surface area contributed by atoms with Gasteiger partial charge >= 0.3 is 0 Å². The summed E-state index contributed by atoms with van der Waals surface area (Å²) in [5, 5.41) is 0. The second-order valence-electron chi connectivity index (χ2n) is 6.20. The van der Waals surface area contributed by atoms with Crippen molar-refractivity contribution in [3.05, 3.63) is 29.8 Å². The van der Waals surface area contributed by atoms with Crippen molar-refractivity contribution in [1.29, 1.82) is 0 Å². The Labute approximate surface area is 117 Å². The molecule has 0 bridgehead atoms. The molecule has 1 aromatic rings. The van der Waals surface area contributed by atoms with Crippen molar-refractivity contribution in [2.75, 3.05) is 13.7 Å². The summed E-state index contributed by atoms with van der Waals surface area (Å²) >= 11 is 0. The molecule has 2 rings (SSSR count). The van der Waals surface area contributed by atoms with Crippen molar-refractivity contribution < 1.29 is 4.74 Å². The third kappa shape index (κ3) is 3.30. The minimum absolute atomic E-state index is 0.598. The lowest BCUT2D eigenvalue weighted by Gasteiger charge is -2.37. The number of nitrogens with two attached hydrogens (primary N) is 1. The van der Waals surface area contributed by atoms with Gasteiger partial charge < -0.3 is 10.5 Å². The van der Waals surface area contributed by atoms with E-state index < -0.39 is 0 Å². The molecule has 3 atom stereocenters. The Morgan fingerprint density at radius 1 is 1.32 bits per heavy atom. The highest BCUT2D eigenvalue weighted by atomic mass is 16.5. The molecular formula is C17H27NO. The van der Waals surface area contributed by atoms with Gasteiger partial charge in [-0.3, -0.25) is 0 Å². The number of benzene rings is 1. The van der Waals surface area contributed by atoms with E-state index in [-0.39, 0.29) is 0 Å². The summed E-state index contributed by atoms with van der Waals surface area (Å²) in [7, 11) is 1.73.